The third-order valence-electron chi connectivity index (χ3n) is 5.94. The van der Waals surface area contributed by atoms with Crippen LogP contribution < -0.4 is 17.0 Å². The van der Waals surface area contributed by atoms with Gasteiger partial charge in [0.2, 0.25) is 5.60 Å². The van der Waals surface area contributed by atoms with E-state index in [9.17, 15) is 9.90 Å². The summed E-state index contributed by atoms with van der Waals surface area (Å²) < 4.78 is 6.79. The van der Waals surface area contributed by atoms with Crippen molar-refractivity contribution < 1.29 is 41.2 Å². The molecule has 0 aliphatic carbocycles. The Kier molecular flexibility index (Phi) is 8.09. The van der Waals surface area contributed by atoms with Crippen LogP contribution >= 0.6 is 22.7 Å². The standard InChI is InChI=1S/C11H22NO.C10H8O3S2.BrH/c1-8-5-6-12(3,4)10(7-8)11-9(2)13-11;11-9(12)10(13,7-3-1-5-14-7)8-4-2-6-15-8;/h8-11H,5-7H2,1-4H3;1-6,13H,(H,11,12);1H/q+1;;/p-1. The lowest BCUT2D eigenvalue weighted by molar-refractivity contribution is -0.922. The van der Waals surface area contributed by atoms with Gasteiger partial charge in [0.25, 0.3) is 0 Å². The summed E-state index contributed by atoms with van der Waals surface area (Å²) in [4.78, 5) is 12.0. The monoisotopic (exact) mass is 503 g/mol. The zero-order valence-electron chi connectivity index (χ0n) is 17.2. The average molecular weight is 505 g/mol. The fourth-order valence-corrected chi connectivity index (χ4v) is 5.70. The maximum absolute atomic E-state index is 11.2. The highest BCUT2D eigenvalue weighted by atomic mass is 79.9. The average Bonchev–Trinajstić information content (AvgIpc) is 3.09. The minimum absolute atomic E-state index is 0. The van der Waals surface area contributed by atoms with Gasteiger partial charge >= 0.3 is 5.97 Å². The normalized spacial score (nSPS) is 27.9. The van der Waals surface area contributed by atoms with Gasteiger partial charge in [0.15, 0.2) is 0 Å². The summed E-state index contributed by atoms with van der Waals surface area (Å²) in [6, 6.07) is 7.44. The smallest absolute Gasteiger partial charge is 0.346 e. The third kappa shape index (κ3) is 5.29. The summed E-state index contributed by atoms with van der Waals surface area (Å²) in [5, 5.41) is 22.9. The van der Waals surface area contributed by atoms with Crippen LogP contribution in [0.3, 0.4) is 0 Å². The number of halogens is 1. The molecule has 0 spiro atoms. The lowest BCUT2D eigenvalue weighted by Crippen LogP contribution is -3.00. The number of quaternary nitrogens is 1. The van der Waals surface area contributed by atoms with E-state index in [2.05, 4.69) is 27.9 Å². The number of carboxylic acid groups (broad SMARTS) is 1. The van der Waals surface area contributed by atoms with Crippen molar-refractivity contribution in [2.45, 2.75) is 50.5 Å². The molecule has 29 heavy (non-hydrogen) atoms. The van der Waals surface area contributed by atoms with Gasteiger partial charge < -0.3 is 36.4 Å². The topological polar surface area (TPSA) is 70.1 Å². The van der Waals surface area contributed by atoms with Gasteiger partial charge in [0, 0.05) is 6.42 Å². The number of hydrogen-bond acceptors (Lipinski definition) is 5. The molecule has 4 rings (SSSR count). The highest BCUT2D eigenvalue weighted by Crippen LogP contribution is 2.37. The predicted molar refractivity (Wildman–Crippen MR) is 113 cm³/mol. The van der Waals surface area contributed by atoms with Crippen LogP contribution in [0.15, 0.2) is 35.0 Å². The molecule has 0 saturated carbocycles. The van der Waals surface area contributed by atoms with Gasteiger partial charge in [-0.15, -0.1) is 22.7 Å². The summed E-state index contributed by atoms with van der Waals surface area (Å²) in [6.07, 6.45) is 3.80. The van der Waals surface area contributed by atoms with Crippen LogP contribution in [0.2, 0.25) is 0 Å². The lowest BCUT2D eigenvalue weighted by atomic mass is 9.88. The first kappa shape index (κ1) is 24.5. The number of aliphatic carboxylic acids is 1. The molecule has 8 heteroatoms. The zero-order chi connectivity index (χ0) is 20.5. The van der Waals surface area contributed by atoms with Crippen molar-refractivity contribution in [3.63, 3.8) is 0 Å². The van der Waals surface area contributed by atoms with Crippen molar-refractivity contribution in [1.29, 1.82) is 0 Å². The Bertz CT molecular complexity index is 744. The molecule has 2 N–H and O–H groups in total. The highest BCUT2D eigenvalue weighted by molar-refractivity contribution is 7.12. The molecule has 2 fully saturated rings. The summed E-state index contributed by atoms with van der Waals surface area (Å²) in [5.74, 6) is -0.347. The zero-order valence-corrected chi connectivity index (χ0v) is 20.5. The van der Waals surface area contributed by atoms with Crippen molar-refractivity contribution in [3.8, 4) is 0 Å². The molecule has 2 aliphatic rings. The number of epoxide rings is 1. The molecule has 2 aliphatic heterocycles. The second-order valence-electron chi connectivity index (χ2n) is 8.48. The molecule has 5 nitrogen and oxygen atoms in total. The Balaban J connectivity index is 0.000000202. The lowest BCUT2D eigenvalue weighted by Gasteiger charge is -2.43. The van der Waals surface area contributed by atoms with Crippen LogP contribution in [-0.2, 0) is 15.1 Å². The van der Waals surface area contributed by atoms with Crippen LogP contribution in [0.25, 0.3) is 0 Å². The van der Waals surface area contributed by atoms with E-state index in [-0.39, 0.29) is 17.0 Å². The molecule has 4 heterocycles. The van der Waals surface area contributed by atoms with Crippen molar-refractivity contribution in [2.75, 3.05) is 20.6 Å². The molecular weight excluding hydrogens is 474 g/mol. The van der Waals surface area contributed by atoms with Crippen molar-refractivity contribution in [2.24, 2.45) is 5.92 Å². The summed E-state index contributed by atoms with van der Waals surface area (Å²) in [6.45, 7) is 5.89. The number of carboxylic acids is 1. The third-order valence-corrected chi connectivity index (χ3v) is 7.90. The number of thiophene rings is 2. The molecular formula is C21H30BrNO4S2. The number of nitrogens with zero attached hydrogens (tertiary/aromatic N) is 1. The van der Waals surface area contributed by atoms with Gasteiger partial charge in [-0.05, 0) is 42.2 Å². The first-order chi connectivity index (χ1) is 13.2. The molecule has 4 atom stereocenters. The Morgan fingerprint density at radius 1 is 1.17 bits per heavy atom. The Morgan fingerprint density at radius 2 is 1.69 bits per heavy atom. The maximum Gasteiger partial charge on any atom is 0.346 e. The minimum Gasteiger partial charge on any atom is -1.00 e. The molecule has 0 radical (unpaired) electrons. The number of rotatable bonds is 4. The number of aliphatic hydroxyl groups is 1. The van der Waals surface area contributed by atoms with Gasteiger partial charge in [-0.2, -0.15) is 0 Å². The van der Waals surface area contributed by atoms with E-state index in [4.69, 9.17) is 9.84 Å². The number of ether oxygens (including phenoxy) is 1. The van der Waals surface area contributed by atoms with E-state index in [1.54, 1.807) is 35.0 Å². The SMILES string of the molecule is CC1CC[N+](C)(C)C(C2OC2C)C1.O=C(O)C(O)(c1cccs1)c1cccs1.[Br-]. The second kappa shape index (κ2) is 9.58. The van der Waals surface area contributed by atoms with Gasteiger partial charge in [0.1, 0.15) is 12.1 Å². The summed E-state index contributed by atoms with van der Waals surface area (Å²) >= 11 is 2.46. The molecule has 162 valence electrons. The molecule has 0 amide bonds. The van der Waals surface area contributed by atoms with Gasteiger partial charge in [-0.25, -0.2) is 4.79 Å². The molecule has 4 unspecified atom stereocenters. The number of hydrogen-bond donors (Lipinski definition) is 2. The first-order valence-electron chi connectivity index (χ1n) is 9.68. The van der Waals surface area contributed by atoms with Gasteiger partial charge in [-0.1, -0.05) is 19.1 Å². The largest absolute Gasteiger partial charge is 1.00 e. The maximum atomic E-state index is 11.2. The van der Waals surface area contributed by atoms with E-state index >= 15 is 0 Å². The van der Waals surface area contributed by atoms with E-state index in [1.165, 1.54) is 46.5 Å². The molecule has 2 saturated heterocycles. The quantitative estimate of drug-likeness (QED) is 0.477. The van der Waals surface area contributed by atoms with Crippen LogP contribution in [0.5, 0.6) is 0 Å². The summed E-state index contributed by atoms with van der Waals surface area (Å²) in [5.41, 5.74) is -1.90. The fraction of sp³-hybridized carbons (Fsp3) is 0.571. The molecule has 0 bridgehead atoms. The Labute approximate surface area is 191 Å². The van der Waals surface area contributed by atoms with E-state index in [1.807, 2.05) is 0 Å². The minimum atomic E-state index is -1.90. The van der Waals surface area contributed by atoms with Crippen LogP contribution in [0.1, 0.15) is 36.4 Å². The molecule has 0 aromatic carbocycles. The van der Waals surface area contributed by atoms with Crippen LogP contribution in [0, 0.1) is 5.92 Å². The fourth-order valence-electron chi connectivity index (χ4n) is 3.97. The number of carbonyl (C=O) groups is 1. The Hall–Kier alpha value is -0.770. The van der Waals surface area contributed by atoms with Gasteiger partial charge in [-0.3, -0.25) is 0 Å². The summed E-state index contributed by atoms with van der Waals surface area (Å²) in [7, 11) is 4.70. The molecule has 2 aromatic rings. The van der Waals surface area contributed by atoms with Gasteiger partial charge in [0.05, 0.1) is 36.5 Å². The van der Waals surface area contributed by atoms with Crippen LogP contribution in [-0.4, -0.2) is 59.6 Å². The number of likely N-dealkylation sites (tertiary alicyclic amines) is 1. The van der Waals surface area contributed by atoms with E-state index in [0.717, 1.165) is 12.0 Å². The second-order valence-corrected chi connectivity index (χ2v) is 10.4. The van der Waals surface area contributed by atoms with Crippen molar-refractivity contribution in [1.82, 2.24) is 0 Å². The predicted octanol–water partition coefficient (Wildman–Crippen LogP) is 0.783. The number of piperidine rings is 1. The van der Waals surface area contributed by atoms with Crippen molar-refractivity contribution in [3.05, 3.63) is 44.8 Å². The van der Waals surface area contributed by atoms with E-state index in [0.29, 0.717) is 22.0 Å². The molecule has 2 aromatic heterocycles. The number of likely N-dealkylation sites (N-methyl/N-ethyl adjacent to an activating group) is 1. The Morgan fingerprint density at radius 3 is 2.07 bits per heavy atom. The van der Waals surface area contributed by atoms with E-state index < -0.39 is 11.6 Å². The first-order valence-corrected chi connectivity index (χ1v) is 11.4. The van der Waals surface area contributed by atoms with Crippen molar-refractivity contribution >= 4 is 28.6 Å². The highest BCUT2D eigenvalue weighted by Gasteiger charge is 2.51. The van der Waals surface area contributed by atoms with Crippen LogP contribution in [0.4, 0.5) is 0 Å².